The van der Waals surface area contributed by atoms with Crippen molar-refractivity contribution >= 4 is 0 Å². The maximum Gasteiger partial charge on any atom is 0.431 e. The first kappa shape index (κ1) is 24.5. The van der Waals surface area contributed by atoms with Crippen molar-refractivity contribution in [1.82, 2.24) is 5.32 Å². The molecule has 0 radical (unpaired) electrons. The van der Waals surface area contributed by atoms with Crippen LogP contribution in [0.1, 0.15) is 22.3 Å². The molecule has 1 unspecified atom stereocenters. The summed E-state index contributed by atoms with van der Waals surface area (Å²) < 4.78 is 47.6. The van der Waals surface area contributed by atoms with Crippen molar-refractivity contribution in [2.24, 2.45) is 0 Å². The lowest BCUT2D eigenvalue weighted by atomic mass is 10.00. The molecule has 0 saturated heterocycles. The van der Waals surface area contributed by atoms with Gasteiger partial charge in [-0.1, -0.05) is 84.9 Å². The Labute approximate surface area is 202 Å². The van der Waals surface area contributed by atoms with Crippen LogP contribution in [0.3, 0.4) is 0 Å². The van der Waals surface area contributed by atoms with Crippen molar-refractivity contribution in [3.8, 4) is 11.5 Å². The Bertz CT molecular complexity index is 1230. The lowest BCUT2D eigenvalue weighted by Crippen LogP contribution is -2.58. The van der Waals surface area contributed by atoms with Crippen LogP contribution in [0.25, 0.3) is 0 Å². The first-order chi connectivity index (χ1) is 16.8. The summed E-state index contributed by atoms with van der Waals surface area (Å²) in [5.74, 6) is 0.969. The molecule has 0 amide bonds. The van der Waals surface area contributed by atoms with E-state index in [4.69, 9.17) is 4.74 Å². The van der Waals surface area contributed by atoms with E-state index in [0.717, 1.165) is 11.1 Å². The average molecular weight is 478 g/mol. The summed E-state index contributed by atoms with van der Waals surface area (Å²) in [5.41, 5.74) is -0.0574. The fourth-order valence-corrected chi connectivity index (χ4v) is 3.83. The zero-order valence-electron chi connectivity index (χ0n) is 19.0. The first-order valence-electron chi connectivity index (χ1n) is 11.3. The third kappa shape index (κ3) is 6.72. The second kappa shape index (κ2) is 10.8. The fraction of sp³-hybridized carbons (Fsp3) is 0.172. The van der Waals surface area contributed by atoms with Gasteiger partial charge in [0.25, 0.3) is 0 Å². The molecule has 0 saturated carbocycles. The van der Waals surface area contributed by atoms with Gasteiger partial charge in [-0.05, 0) is 52.9 Å². The van der Waals surface area contributed by atoms with Crippen molar-refractivity contribution in [2.75, 3.05) is 0 Å². The predicted molar refractivity (Wildman–Crippen MR) is 130 cm³/mol. The topological polar surface area (TPSA) is 41.5 Å². The smallest absolute Gasteiger partial charge is 0.431 e. The molecule has 0 fully saturated rings. The molecule has 4 rings (SSSR count). The van der Waals surface area contributed by atoms with Gasteiger partial charge in [0.15, 0.2) is 0 Å². The van der Waals surface area contributed by atoms with E-state index < -0.39 is 18.3 Å². The van der Waals surface area contributed by atoms with Crippen molar-refractivity contribution in [3.05, 3.63) is 131 Å². The number of halogens is 3. The molecular weight excluding hydrogens is 451 g/mol. The van der Waals surface area contributed by atoms with Crippen LogP contribution in [-0.2, 0) is 19.4 Å². The summed E-state index contributed by atoms with van der Waals surface area (Å²) in [6.45, 7) is -0.140. The first-order valence-corrected chi connectivity index (χ1v) is 11.3. The molecule has 0 aliphatic rings. The third-order valence-corrected chi connectivity index (χ3v) is 5.63. The van der Waals surface area contributed by atoms with Crippen LogP contribution in [-0.4, -0.2) is 17.0 Å². The quantitative estimate of drug-likeness (QED) is 0.265. The largest absolute Gasteiger partial charge is 0.457 e. The molecule has 0 aliphatic heterocycles. The van der Waals surface area contributed by atoms with Crippen LogP contribution >= 0.6 is 0 Å². The summed E-state index contributed by atoms with van der Waals surface area (Å²) in [6, 6.07) is 32.5. The highest BCUT2D eigenvalue weighted by Crippen LogP contribution is 2.33. The molecule has 0 heterocycles. The normalized spacial score (nSPS) is 13.3. The number of aliphatic hydroxyl groups is 1. The van der Waals surface area contributed by atoms with Crippen molar-refractivity contribution in [2.45, 2.75) is 31.3 Å². The minimum absolute atomic E-state index is 0.140. The number of nitrogens with one attached hydrogen (secondary N) is 1. The zero-order chi connectivity index (χ0) is 24.7. The van der Waals surface area contributed by atoms with E-state index in [-0.39, 0.29) is 6.54 Å². The highest BCUT2D eigenvalue weighted by molar-refractivity contribution is 5.35. The molecule has 6 heteroatoms. The minimum atomic E-state index is -4.88. The van der Waals surface area contributed by atoms with Gasteiger partial charge in [0.05, 0.1) is 0 Å². The Balaban J connectivity index is 1.47. The van der Waals surface area contributed by atoms with Gasteiger partial charge in [-0.15, -0.1) is 0 Å². The van der Waals surface area contributed by atoms with Gasteiger partial charge >= 0.3 is 6.18 Å². The monoisotopic (exact) mass is 477 g/mol. The van der Waals surface area contributed by atoms with Gasteiger partial charge in [0, 0.05) is 13.0 Å². The van der Waals surface area contributed by atoms with Crippen LogP contribution in [0.2, 0.25) is 0 Å². The fourth-order valence-electron chi connectivity index (χ4n) is 3.83. The van der Waals surface area contributed by atoms with Crippen LogP contribution in [0.15, 0.2) is 109 Å². The molecule has 0 aliphatic carbocycles. The molecule has 4 aromatic carbocycles. The maximum absolute atomic E-state index is 14.0. The maximum atomic E-state index is 14.0. The lowest BCUT2D eigenvalue weighted by molar-refractivity contribution is -0.273. The second-order valence-electron chi connectivity index (χ2n) is 8.43. The molecule has 2 N–H and O–H groups in total. The SMILES string of the molecule is OC(Cc1cccc(Oc2ccccc2)c1)(NCc1cccc(Cc2ccccc2)c1)C(F)(F)F. The van der Waals surface area contributed by atoms with Gasteiger partial charge in [0.1, 0.15) is 11.5 Å². The van der Waals surface area contributed by atoms with Gasteiger partial charge < -0.3 is 9.84 Å². The lowest BCUT2D eigenvalue weighted by Gasteiger charge is -2.32. The van der Waals surface area contributed by atoms with E-state index in [1.807, 2.05) is 54.6 Å². The van der Waals surface area contributed by atoms with E-state index in [1.54, 1.807) is 42.5 Å². The number of hydrogen-bond donors (Lipinski definition) is 2. The Morgan fingerprint density at radius 2 is 1.20 bits per heavy atom. The molecule has 35 heavy (non-hydrogen) atoms. The number of alkyl halides is 3. The third-order valence-electron chi connectivity index (χ3n) is 5.63. The summed E-state index contributed by atoms with van der Waals surface area (Å²) >= 11 is 0. The number of hydrogen-bond acceptors (Lipinski definition) is 3. The van der Waals surface area contributed by atoms with Gasteiger partial charge in [-0.3, -0.25) is 5.32 Å². The average Bonchev–Trinajstić information content (AvgIpc) is 2.84. The van der Waals surface area contributed by atoms with Crippen molar-refractivity contribution in [1.29, 1.82) is 0 Å². The highest BCUT2D eigenvalue weighted by Gasteiger charge is 2.53. The summed E-state index contributed by atoms with van der Waals surface area (Å²) in [7, 11) is 0. The molecular formula is C29H26F3NO2. The highest BCUT2D eigenvalue weighted by atomic mass is 19.4. The summed E-state index contributed by atoms with van der Waals surface area (Å²) in [4.78, 5) is 0. The Kier molecular flexibility index (Phi) is 7.54. The molecule has 3 nitrogen and oxygen atoms in total. The zero-order valence-corrected chi connectivity index (χ0v) is 19.0. The summed E-state index contributed by atoms with van der Waals surface area (Å²) in [6.07, 6.45) is -4.87. The van der Waals surface area contributed by atoms with E-state index in [9.17, 15) is 18.3 Å². The van der Waals surface area contributed by atoms with Crippen molar-refractivity contribution in [3.63, 3.8) is 0 Å². The minimum Gasteiger partial charge on any atom is -0.457 e. The van der Waals surface area contributed by atoms with E-state index in [0.29, 0.717) is 29.0 Å². The number of ether oxygens (including phenoxy) is 1. The molecule has 1 atom stereocenters. The standard InChI is InChI=1S/C29H26F3NO2/c30-29(31,32)28(34,20-24-12-8-16-27(19-24)35-26-14-5-2-6-15-26)33-21-25-13-7-11-23(18-25)17-22-9-3-1-4-10-22/h1-16,18-19,33-34H,17,20-21H2. The van der Waals surface area contributed by atoms with Crippen LogP contribution in [0.4, 0.5) is 13.2 Å². The van der Waals surface area contributed by atoms with Crippen molar-refractivity contribution < 1.29 is 23.0 Å². The van der Waals surface area contributed by atoms with Crippen LogP contribution in [0, 0.1) is 0 Å². The van der Waals surface area contributed by atoms with E-state index in [1.165, 1.54) is 12.1 Å². The van der Waals surface area contributed by atoms with Gasteiger partial charge in [0.2, 0.25) is 5.72 Å². The predicted octanol–water partition coefficient (Wildman–Crippen LogP) is 6.65. The van der Waals surface area contributed by atoms with Crippen LogP contribution < -0.4 is 10.1 Å². The Morgan fingerprint density at radius 3 is 1.91 bits per heavy atom. The number of para-hydroxylation sites is 1. The van der Waals surface area contributed by atoms with Gasteiger partial charge in [-0.2, -0.15) is 13.2 Å². The second-order valence-corrected chi connectivity index (χ2v) is 8.43. The van der Waals surface area contributed by atoms with Crippen LogP contribution in [0.5, 0.6) is 11.5 Å². The van der Waals surface area contributed by atoms with Gasteiger partial charge in [-0.25, -0.2) is 0 Å². The molecule has 4 aromatic rings. The molecule has 0 aromatic heterocycles. The van der Waals surface area contributed by atoms with E-state index in [2.05, 4.69) is 5.32 Å². The molecule has 0 spiro atoms. The Hall–Kier alpha value is -3.61. The number of rotatable bonds is 9. The number of benzene rings is 4. The molecule has 0 bridgehead atoms. The molecule has 180 valence electrons. The summed E-state index contributed by atoms with van der Waals surface area (Å²) in [5, 5.41) is 13.0. The Morgan fingerprint density at radius 1 is 0.629 bits per heavy atom. The van der Waals surface area contributed by atoms with E-state index >= 15 is 0 Å².